The number of imide groups is 1. The van der Waals surface area contributed by atoms with E-state index in [1.54, 1.807) is 6.07 Å². The number of halogens is 1. The number of hydrogen-bond acceptors (Lipinski definition) is 4. The molecular formula is C20H19ClN2O2S. The minimum absolute atomic E-state index is 0.198. The standard InChI is InChI=1S/C20H19ClN2O2S/c21-15-8-3-2-7-14(15)13-23-19(24)17(16-9-6-12-26-16)18(20(23)25)22-10-4-1-5-11-22/h2-3,6-9,12H,1,4-5,10-11,13H2. The maximum Gasteiger partial charge on any atom is 0.278 e. The second-order valence-electron chi connectivity index (χ2n) is 6.54. The maximum absolute atomic E-state index is 13.2. The summed E-state index contributed by atoms with van der Waals surface area (Å²) in [6, 6.07) is 11.2. The second kappa shape index (κ2) is 7.25. The molecule has 3 heterocycles. The van der Waals surface area contributed by atoms with Crippen molar-refractivity contribution in [1.82, 2.24) is 9.80 Å². The van der Waals surface area contributed by atoms with Crippen LogP contribution in [0.4, 0.5) is 0 Å². The maximum atomic E-state index is 13.2. The van der Waals surface area contributed by atoms with Gasteiger partial charge in [0.05, 0.1) is 12.1 Å². The van der Waals surface area contributed by atoms with Gasteiger partial charge in [-0.2, -0.15) is 0 Å². The Morgan fingerprint density at radius 1 is 0.962 bits per heavy atom. The molecule has 2 amide bonds. The van der Waals surface area contributed by atoms with Gasteiger partial charge >= 0.3 is 0 Å². The van der Waals surface area contributed by atoms with Crippen LogP contribution in [0.25, 0.3) is 5.57 Å². The Bertz CT molecular complexity index is 870. The monoisotopic (exact) mass is 386 g/mol. The van der Waals surface area contributed by atoms with Crippen molar-refractivity contribution in [3.8, 4) is 0 Å². The smallest absolute Gasteiger partial charge is 0.278 e. The molecule has 0 saturated carbocycles. The zero-order chi connectivity index (χ0) is 18.1. The van der Waals surface area contributed by atoms with Gasteiger partial charge in [-0.15, -0.1) is 11.3 Å². The van der Waals surface area contributed by atoms with Gasteiger partial charge in [0.1, 0.15) is 5.70 Å². The fourth-order valence-corrected chi connectivity index (χ4v) is 4.52. The molecule has 2 aliphatic rings. The lowest BCUT2D eigenvalue weighted by Crippen LogP contribution is -2.36. The number of thiophene rings is 1. The van der Waals surface area contributed by atoms with Gasteiger partial charge in [0, 0.05) is 23.0 Å². The summed E-state index contributed by atoms with van der Waals surface area (Å²) in [6.45, 7) is 1.84. The van der Waals surface area contributed by atoms with Crippen molar-refractivity contribution < 1.29 is 9.59 Å². The highest BCUT2D eigenvalue weighted by Gasteiger charge is 2.42. The Labute approximate surface area is 161 Å². The van der Waals surface area contributed by atoms with Crippen molar-refractivity contribution in [2.24, 2.45) is 0 Å². The summed E-state index contributed by atoms with van der Waals surface area (Å²) in [4.78, 5) is 30.6. The van der Waals surface area contributed by atoms with E-state index in [-0.39, 0.29) is 18.4 Å². The van der Waals surface area contributed by atoms with E-state index in [1.807, 2.05) is 35.7 Å². The van der Waals surface area contributed by atoms with E-state index in [4.69, 9.17) is 11.6 Å². The minimum atomic E-state index is -0.224. The Balaban J connectivity index is 1.72. The van der Waals surface area contributed by atoms with Crippen LogP contribution in [0.3, 0.4) is 0 Å². The predicted molar refractivity (Wildman–Crippen MR) is 104 cm³/mol. The highest BCUT2D eigenvalue weighted by Crippen LogP contribution is 2.36. The van der Waals surface area contributed by atoms with Crippen molar-refractivity contribution in [3.63, 3.8) is 0 Å². The van der Waals surface area contributed by atoms with E-state index in [9.17, 15) is 9.59 Å². The molecule has 1 saturated heterocycles. The van der Waals surface area contributed by atoms with Gasteiger partial charge in [0.15, 0.2) is 0 Å². The average molecular weight is 387 g/mol. The van der Waals surface area contributed by atoms with Crippen LogP contribution in [0.5, 0.6) is 0 Å². The van der Waals surface area contributed by atoms with Gasteiger partial charge in [0.2, 0.25) is 0 Å². The largest absolute Gasteiger partial charge is 0.366 e. The zero-order valence-electron chi connectivity index (χ0n) is 14.3. The van der Waals surface area contributed by atoms with Gasteiger partial charge in [0.25, 0.3) is 11.8 Å². The first kappa shape index (κ1) is 17.3. The fourth-order valence-electron chi connectivity index (χ4n) is 3.56. The van der Waals surface area contributed by atoms with E-state index in [2.05, 4.69) is 4.90 Å². The van der Waals surface area contributed by atoms with Crippen LogP contribution in [0, 0.1) is 0 Å². The number of piperidine rings is 1. The summed E-state index contributed by atoms with van der Waals surface area (Å²) in [5.41, 5.74) is 1.88. The van der Waals surface area contributed by atoms with Crippen LogP contribution in [0.1, 0.15) is 29.7 Å². The quantitative estimate of drug-likeness (QED) is 0.740. The third-order valence-electron chi connectivity index (χ3n) is 4.87. The highest BCUT2D eigenvalue weighted by atomic mass is 35.5. The minimum Gasteiger partial charge on any atom is -0.366 e. The molecule has 0 N–H and O–H groups in total. The van der Waals surface area contributed by atoms with Crippen LogP contribution < -0.4 is 0 Å². The SMILES string of the molecule is O=C1C(c2cccs2)=C(N2CCCCC2)C(=O)N1Cc1ccccc1Cl. The first-order valence-electron chi connectivity index (χ1n) is 8.79. The topological polar surface area (TPSA) is 40.6 Å². The van der Waals surface area contributed by atoms with Crippen LogP contribution in [0.2, 0.25) is 5.02 Å². The number of rotatable bonds is 4. The molecule has 0 atom stereocenters. The molecule has 2 aliphatic heterocycles. The molecule has 0 unspecified atom stereocenters. The van der Waals surface area contributed by atoms with Crippen LogP contribution in [-0.2, 0) is 16.1 Å². The lowest BCUT2D eigenvalue weighted by Gasteiger charge is -2.29. The first-order chi connectivity index (χ1) is 12.7. The lowest BCUT2D eigenvalue weighted by atomic mass is 10.1. The molecule has 0 aliphatic carbocycles. The van der Waals surface area contributed by atoms with Gasteiger partial charge in [-0.25, -0.2) is 0 Å². The molecule has 26 heavy (non-hydrogen) atoms. The molecule has 4 nitrogen and oxygen atoms in total. The molecular weight excluding hydrogens is 368 g/mol. The summed E-state index contributed by atoms with van der Waals surface area (Å²) in [7, 11) is 0. The highest BCUT2D eigenvalue weighted by molar-refractivity contribution is 7.11. The second-order valence-corrected chi connectivity index (χ2v) is 7.89. The molecule has 4 rings (SSSR count). The predicted octanol–water partition coefficient (Wildman–Crippen LogP) is 4.17. The lowest BCUT2D eigenvalue weighted by molar-refractivity contribution is -0.138. The number of amides is 2. The van der Waals surface area contributed by atoms with E-state index in [0.29, 0.717) is 16.3 Å². The van der Waals surface area contributed by atoms with Gasteiger partial charge in [-0.05, 0) is 42.3 Å². The third kappa shape index (κ3) is 3.06. The molecule has 0 radical (unpaired) electrons. The number of benzene rings is 1. The number of hydrogen-bond donors (Lipinski definition) is 0. The zero-order valence-corrected chi connectivity index (χ0v) is 15.9. The molecule has 0 spiro atoms. The number of carbonyl (C=O) groups is 2. The summed E-state index contributed by atoms with van der Waals surface area (Å²) in [5, 5.41) is 2.50. The van der Waals surface area contributed by atoms with Crippen molar-refractivity contribution >= 4 is 40.3 Å². The fraction of sp³-hybridized carbons (Fsp3) is 0.300. The van der Waals surface area contributed by atoms with Crippen molar-refractivity contribution in [2.75, 3.05) is 13.1 Å². The molecule has 1 fully saturated rings. The van der Waals surface area contributed by atoms with Gasteiger partial charge < -0.3 is 4.90 Å². The number of nitrogens with zero attached hydrogens (tertiary/aromatic N) is 2. The average Bonchev–Trinajstić information content (AvgIpc) is 3.26. The van der Waals surface area contributed by atoms with E-state index in [1.165, 1.54) is 22.7 Å². The third-order valence-corrected chi connectivity index (χ3v) is 6.13. The van der Waals surface area contributed by atoms with Gasteiger partial charge in [-0.1, -0.05) is 35.9 Å². The van der Waals surface area contributed by atoms with Crippen LogP contribution in [0.15, 0.2) is 47.5 Å². The Kier molecular flexibility index (Phi) is 4.83. The van der Waals surface area contributed by atoms with Crippen LogP contribution >= 0.6 is 22.9 Å². The first-order valence-corrected chi connectivity index (χ1v) is 10.1. The Morgan fingerprint density at radius 2 is 1.73 bits per heavy atom. The summed E-state index contributed by atoms with van der Waals surface area (Å²) in [5.74, 6) is -0.432. The van der Waals surface area contributed by atoms with Crippen LogP contribution in [-0.4, -0.2) is 34.7 Å². The summed E-state index contributed by atoms with van der Waals surface area (Å²) < 4.78 is 0. The molecule has 134 valence electrons. The van der Waals surface area contributed by atoms with E-state index >= 15 is 0 Å². The van der Waals surface area contributed by atoms with E-state index < -0.39 is 0 Å². The number of carbonyl (C=O) groups excluding carboxylic acids is 2. The molecule has 2 aromatic rings. The van der Waals surface area contributed by atoms with Gasteiger partial charge in [-0.3, -0.25) is 14.5 Å². The van der Waals surface area contributed by atoms with E-state index in [0.717, 1.165) is 36.4 Å². The molecule has 1 aromatic heterocycles. The summed E-state index contributed by atoms with van der Waals surface area (Å²) in [6.07, 6.45) is 3.27. The Hall–Kier alpha value is -2.11. The number of likely N-dealkylation sites (tertiary alicyclic amines) is 1. The molecule has 1 aromatic carbocycles. The van der Waals surface area contributed by atoms with Crippen molar-refractivity contribution in [3.05, 3.63) is 62.9 Å². The Morgan fingerprint density at radius 3 is 2.42 bits per heavy atom. The molecule has 0 bridgehead atoms. The normalized spacial score (nSPS) is 18.2. The van der Waals surface area contributed by atoms with Crippen molar-refractivity contribution in [1.29, 1.82) is 0 Å². The summed E-state index contributed by atoms with van der Waals surface area (Å²) >= 11 is 7.74. The molecule has 6 heteroatoms. The van der Waals surface area contributed by atoms with Crippen molar-refractivity contribution in [2.45, 2.75) is 25.8 Å².